The molecule has 1 rings (SSSR count). The maximum atomic E-state index is 12.4. The summed E-state index contributed by atoms with van der Waals surface area (Å²) in [5.41, 5.74) is 0.135. The van der Waals surface area contributed by atoms with Crippen molar-refractivity contribution in [2.45, 2.75) is 37.3 Å². The smallest absolute Gasteiger partial charge is 0.341 e. The van der Waals surface area contributed by atoms with Crippen molar-refractivity contribution in [1.82, 2.24) is 5.32 Å². The van der Waals surface area contributed by atoms with Crippen LogP contribution in [0.4, 0.5) is 14.5 Å². The number of rotatable bonds is 10. The lowest BCUT2D eigenvalue weighted by molar-refractivity contribution is -0.147. The van der Waals surface area contributed by atoms with E-state index >= 15 is 0 Å². The Kier molecular flexibility index (Phi) is 8.97. The number of anilines is 1. The number of benzene rings is 1. The summed E-state index contributed by atoms with van der Waals surface area (Å²) in [6.45, 7) is 2.93. The van der Waals surface area contributed by atoms with Crippen LogP contribution in [-0.4, -0.2) is 45.1 Å². The van der Waals surface area contributed by atoms with E-state index in [0.29, 0.717) is 12.3 Å². The Bertz CT molecular complexity index is 794. The molecule has 0 heterocycles. The van der Waals surface area contributed by atoms with Crippen molar-refractivity contribution < 1.29 is 36.3 Å². The van der Waals surface area contributed by atoms with Crippen molar-refractivity contribution in [3.8, 4) is 0 Å². The van der Waals surface area contributed by atoms with Crippen LogP contribution in [0, 0.1) is 5.92 Å². The molecule has 0 saturated heterocycles. The number of amides is 2. The second kappa shape index (κ2) is 10.7. The highest BCUT2D eigenvalue weighted by atomic mass is 32.2. The Morgan fingerprint density at radius 2 is 1.68 bits per heavy atom. The van der Waals surface area contributed by atoms with E-state index in [-0.39, 0.29) is 24.6 Å². The number of carbonyl (C=O) groups is 3. The summed E-state index contributed by atoms with van der Waals surface area (Å²) in [4.78, 5) is 34.1. The molecule has 0 atom stereocenters. The summed E-state index contributed by atoms with van der Waals surface area (Å²) >= 11 is 0. The fourth-order valence-corrected chi connectivity index (χ4v) is 2.63. The van der Waals surface area contributed by atoms with Gasteiger partial charge in [-0.3, -0.25) is 14.4 Å². The maximum absolute atomic E-state index is 12.4. The fraction of sp³-hybridized carbons (Fsp3) is 0.471. The zero-order valence-corrected chi connectivity index (χ0v) is 16.2. The van der Waals surface area contributed by atoms with Crippen LogP contribution in [0.3, 0.4) is 0 Å². The number of halogens is 2. The molecule has 0 unspecified atom stereocenters. The summed E-state index contributed by atoms with van der Waals surface area (Å²) in [7, 11) is -4.72. The number of hydrogen-bond donors (Lipinski definition) is 2. The number of alkyl halides is 2. The molecule has 156 valence electrons. The molecule has 0 radical (unpaired) electrons. The third-order valence-electron chi connectivity index (χ3n) is 3.44. The molecule has 0 spiro atoms. The first-order valence-electron chi connectivity index (χ1n) is 8.36. The first-order valence-corrected chi connectivity index (χ1v) is 9.91. The number of hydrogen-bond acceptors (Lipinski definition) is 6. The second-order valence-electron chi connectivity index (χ2n) is 6.25. The summed E-state index contributed by atoms with van der Waals surface area (Å²) in [6, 6.07) is 4.11. The lowest BCUT2D eigenvalue weighted by Crippen LogP contribution is -2.32. The van der Waals surface area contributed by atoms with E-state index in [9.17, 15) is 31.6 Å². The van der Waals surface area contributed by atoms with Gasteiger partial charge in [-0.25, -0.2) is 8.42 Å². The molecular formula is C17H22F2N2O6S. The van der Waals surface area contributed by atoms with Crippen molar-refractivity contribution in [3.63, 3.8) is 0 Å². The normalized spacial score (nSPS) is 11.4. The molecule has 8 nitrogen and oxygen atoms in total. The molecule has 0 fully saturated rings. The molecule has 2 amide bonds. The van der Waals surface area contributed by atoms with Gasteiger partial charge in [-0.05, 0) is 36.6 Å². The van der Waals surface area contributed by atoms with E-state index < -0.39 is 39.0 Å². The molecule has 0 aliphatic heterocycles. The average molecular weight is 420 g/mol. The predicted octanol–water partition coefficient (Wildman–Crippen LogP) is 1.72. The number of ether oxygens (including phenoxy) is 1. The van der Waals surface area contributed by atoms with Gasteiger partial charge in [0.05, 0.1) is 4.90 Å². The third-order valence-corrected chi connectivity index (χ3v) is 4.84. The van der Waals surface area contributed by atoms with E-state index in [1.54, 1.807) is 0 Å². The van der Waals surface area contributed by atoms with Gasteiger partial charge in [-0.2, -0.15) is 8.78 Å². The minimum Gasteiger partial charge on any atom is -0.454 e. The van der Waals surface area contributed by atoms with Crippen LogP contribution in [0.2, 0.25) is 0 Å². The van der Waals surface area contributed by atoms with E-state index in [1.165, 1.54) is 0 Å². The highest BCUT2D eigenvalue weighted by Gasteiger charge is 2.26. The monoisotopic (exact) mass is 420 g/mol. The van der Waals surface area contributed by atoms with Gasteiger partial charge < -0.3 is 15.4 Å². The highest BCUT2D eigenvalue weighted by Crippen LogP contribution is 2.20. The van der Waals surface area contributed by atoms with E-state index in [0.717, 1.165) is 24.3 Å². The number of sulfone groups is 1. The maximum Gasteiger partial charge on any atom is 0.341 e. The summed E-state index contributed by atoms with van der Waals surface area (Å²) < 4.78 is 52.2. The van der Waals surface area contributed by atoms with Gasteiger partial charge in [0.25, 0.3) is 5.91 Å². The number of esters is 1. The van der Waals surface area contributed by atoms with Gasteiger partial charge in [0.1, 0.15) is 6.54 Å². The number of nitrogens with one attached hydrogen (secondary N) is 2. The van der Waals surface area contributed by atoms with Crippen LogP contribution in [0.5, 0.6) is 0 Å². The lowest BCUT2D eigenvalue weighted by atomic mass is 10.1. The number of carbonyl (C=O) groups excluding carboxylic acids is 3. The van der Waals surface area contributed by atoms with Gasteiger partial charge in [0, 0.05) is 12.1 Å². The lowest BCUT2D eigenvalue weighted by Gasteiger charge is -2.09. The minimum atomic E-state index is -4.72. The van der Waals surface area contributed by atoms with Gasteiger partial charge >= 0.3 is 11.7 Å². The topological polar surface area (TPSA) is 119 Å². The van der Waals surface area contributed by atoms with Crippen LogP contribution >= 0.6 is 0 Å². The Balaban J connectivity index is 2.40. The summed E-state index contributed by atoms with van der Waals surface area (Å²) in [5, 5.41) is 4.69. The molecule has 0 aliphatic carbocycles. The van der Waals surface area contributed by atoms with Crippen molar-refractivity contribution in [3.05, 3.63) is 24.3 Å². The summed E-state index contributed by atoms with van der Waals surface area (Å²) in [6.07, 6.45) is 0.962. The third kappa shape index (κ3) is 7.99. The average Bonchev–Trinajstić information content (AvgIpc) is 2.63. The minimum absolute atomic E-state index is 0.135. The molecule has 1 aromatic rings. The van der Waals surface area contributed by atoms with Crippen molar-refractivity contribution in [2.24, 2.45) is 5.92 Å². The molecule has 11 heteroatoms. The quantitative estimate of drug-likeness (QED) is 0.557. The molecule has 0 aliphatic rings. The van der Waals surface area contributed by atoms with Gasteiger partial charge in [0.2, 0.25) is 15.7 Å². The first kappa shape index (κ1) is 23.5. The highest BCUT2D eigenvalue weighted by molar-refractivity contribution is 7.91. The standard InChI is InChI=1S/C17H22F2N2O6S/c1-11(2)3-8-14(22)20-9-16(24)27-10-15(23)21-12-4-6-13(7-5-12)28(25,26)17(18)19/h4-7,11,17H,3,8-10H2,1-2H3,(H,20,22)(H,21,23). The Hall–Kier alpha value is -2.56. The fourth-order valence-electron chi connectivity index (χ4n) is 1.90. The molecule has 0 aromatic heterocycles. The molecular weight excluding hydrogens is 398 g/mol. The van der Waals surface area contributed by atoms with Crippen LogP contribution in [0.1, 0.15) is 26.7 Å². The van der Waals surface area contributed by atoms with E-state index in [2.05, 4.69) is 10.6 Å². The first-order chi connectivity index (χ1) is 13.0. The molecule has 28 heavy (non-hydrogen) atoms. The predicted molar refractivity (Wildman–Crippen MR) is 96.3 cm³/mol. The van der Waals surface area contributed by atoms with Crippen LogP contribution in [-0.2, 0) is 29.0 Å². The van der Waals surface area contributed by atoms with Crippen molar-refractivity contribution >= 4 is 33.3 Å². The van der Waals surface area contributed by atoms with Gasteiger partial charge in [0.15, 0.2) is 6.61 Å². The zero-order chi connectivity index (χ0) is 21.3. The van der Waals surface area contributed by atoms with Crippen molar-refractivity contribution in [1.29, 1.82) is 0 Å². The van der Waals surface area contributed by atoms with Crippen molar-refractivity contribution in [2.75, 3.05) is 18.5 Å². The van der Waals surface area contributed by atoms with Crippen LogP contribution < -0.4 is 10.6 Å². The second-order valence-corrected chi connectivity index (χ2v) is 8.17. The van der Waals surface area contributed by atoms with E-state index in [1.807, 2.05) is 13.8 Å². The van der Waals surface area contributed by atoms with Crippen LogP contribution in [0.25, 0.3) is 0 Å². The van der Waals surface area contributed by atoms with Gasteiger partial charge in [-0.15, -0.1) is 0 Å². The largest absolute Gasteiger partial charge is 0.454 e. The Labute approximate surface area is 161 Å². The molecule has 2 N–H and O–H groups in total. The van der Waals surface area contributed by atoms with Gasteiger partial charge in [-0.1, -0.05) is 13.8 Å². The van der Waals surface area contributed by atoms with E-state index in [4.69, 9.17) is 4.74 Å². The SMILES string of the molecule is CC(C)CCC(=O)NCC(=O)OCC(=O)Nc1ccc(S(=O)(=O)C(F)F)cc1. The zero-order valence-electron chi connectivity index (χ0n) is 15.4. The van der Waals surface area contributed by atoms with Crippen LogP contribution in [0.15, 0.2) is 29.2 Å². The Morgan fingerprint density at radius 3 is 2.21 bits per heavy atom. The molecule has 1 aromatic carbocycles. The molecule has 0 bridgehead atoms. The summed E-state index contributed by atoms with van der Waals surface area (Å²) in [5.74, 6) is -5.01. The Morgan fingerprint density at radius 1 is 1.07 bits per heavy atom. The molecule has 0 saturated carbocycles.